The lowest BCUT2D eigenvalue weighted by molar-refractivity contribution is -0.127. The molecule has 0 aromatic rings. The first kappa shape index (κ1) is 13.4. The highest BCUT2D eigenvalue weighted by atomic mass is 32.2. The zero-order valence-electron chi connectivity index (χ0n) is 11.0. The summed E-state index contributed by atoms with van der Waals surface area (Å²) in [7, 11) is 0. The van der Waals surface area contributed by atoms with Crippen LogP contribution in [0.25, 0.3) is 0 Å². The van der Waals surface area contributed by atoms with Crippen molar-refractivity contribution >= 4 is 17.5 Å². The van der Waals surface area contributed by atoms with Crippen molar-refractivity contribution < 1.29 is 4.79 Å². The molecule has 0 amide bonds. The van der Waals surface area contributed by atoms with Crippen LogP contribution in [0.3, 0.4) is 0 Å². The van der Waals surface area contributed by atoms with E-state index in [9.17, 15) is 4.79 Å². The van der Waals surface area contributed by atoms with Crippen LogP contribution in [0, 0.1) is 5.92 Å². The molecule has 0 bridgehead atoms. The van der Waals surface area contributed by atoms with E-state index in [4.69, 9.17) is 0 Å². The number of hydrogen-bond acceptors (Lipinski definition) is 3. The third-order valence-electron chi connectivity index (χ3n) is 4.31. The predicted octanol–water partition coefficient (Wildman–Crippen LogP) is 2.96. The van der Waals surface area contributed by atoms with Crippen LogP contribution in [-0.4, -0.2) is 41.8 Å². The summed E-state index contributed by atoms with van der Waals surface area (Å²) in [5, 5.41) is 0. The molecule has 1 saturated heterocycles. The average Bonchev–Trinajstić information content (AvgIpc) is 2.37. The van der Waals surface area contributed by atoms with Gasteiger partial charge in [0, 0.05) is 30.7 Å². The van der Waals surface area contributed by atoms with Crippen molar-refractivity contribution in [2.75, 3.05) is 25.1 Å². The van der Waals surface area contributed by atoms with Gasteiger partial charge >= 0.3 is 0 Å². The minimum Gasteiger partial charge on any atom is -0.299 e. The zero-order valence-corrected chi connectivity index (χ0v) is 11.8. The summed E-state index contributed by atoms with van der Waals surface area (Å²) < 4.78 is 0. The fourth-order valence-electron chi connectivity index (χ4n) is 3.38. The molecule has 2 fully saturated rings. The number of ketones is 1. The van der Waals surface area contributed by atoms with Gasteiger partial charge in [0.05, 0.1) is 0 Å². The number of rotatable bonds is 4. The first-order chi connectivity index (χ1) is 8.33. The lowest BCUT2D eigenvalue weighted by Gasteiger charge is -2.41. The van der Waals surface area contributed by atoms with Crippen molar-refractivity contribution in [3.63, 3.8) is 0 Å². The SMILES string of the molecule is CSCCN1CCCCC1C1CCCCC1=O. The van der Waals surface area contributed by atoms with Gasteiger partial charge in [0.2, 0.25) is 0 Å². The Hall–Kier alpha value is -0.0200. The number of hydrogen-bond donors (Lipinski definition) is 0. The molecule has 1 saturated carbocycles. The van der Waals surface area contributed by atoms with Crippen LogP contribution >= 0.6 is 11.8 Å². The summed E-state index contributed by atoms with van der Waals surface area (Å²) in [6.07, 6.45) is 10.5. The Morgan fingerprint density at radius 1 is 1.24 bits per heavy atom. The highest BCUT2D eigenvalue weighted by Gasteiger charge is 2.34. The van der Waals surface area contributed by atoms with Crippen molar-refractivity contribution in [2.24, 2.45) is 5.92 Å². The van der Waals surface area contributed by atoms with Crippen LogP contribution in [0.4, 0.5) is 0 Å². The standard InChI is InChI=1S/C14H25NOS/c1-17-11-10-15-9-5-4-7-13(15)12-6-2-3-8-14(12)16/h12-13H,2-11H2,1H3. The summed E-state index contributed by atoms with van der Waals surface area (Å²) in [6, 6.07) is 0.573. The smallest absolute Gasteiger partial charge is 0.137 e. The molecule has 1 aliphatic heterocycles. The number of carbonyl (C=O) groups excluding carboxylic acids is 1. The fourth-order valence-corrected chi connectivity index (χ4v) is 3.79. The van der Waals surface area contributed by atoms with Gasteiger partial charge in [-0.25, -0.2) is 0 Å². The molecule has 3 heteroatoms. The maximum absolute atomic E-state index is 12.1. The maximum Gasteiger partial charge on any atom is 0.137 e. The van der Waals surface area contributed by atoms with Gasteiger partial charge < -0.3 is 0 Å². The lowest BCUT2D eigenvalue weighted by atomic mass is 9.79. The second-order valence-electron chi connectivity index (χ2n) is 5.41. The average molecular weight is 255 g/mol. The van der Waals surface area contributed by atoms with Crippen LogP contribution in [0.15, 0.2) is 0 Å². The molecular formula is C14H25NOS. The lowest BCUT2D eigenvalue weighted by Crippen LogP contribution is -2.48. The Balaban J connectivity index is 1.96. The van der Waals surface area contributed by atoms with Crippen molar-refractivity contribution in [1.82, 2.24) is 4.90 Å². The van der Waals surface area contributed by atoms with Gasteiger partial charge in [-0.3, -0.25) is 9.69 Å². The van der Waals surface area contributed by atoms with Gasteiger partial charge in [0.1, 0.15) is 5.78 Å². The maximum atomic E-state index is 12.1. The van der Waals surface area contributed by atoms with Gasteiger partial charge in [-0.2, -0.15) is 11.8 Å². The number of Topliss-reactive ketones (excluding diaryl/α,β-unsaturated/α-hetero) is 1. The summed E-state index contributed by atoms with van der Waals surface area (Å²) >= 11 is 1.92. The Kier molecular flexibility index (Phi) is 5.36. The molecule has 98 valence electrons. The Morgan fingerprint density at radius 2 is 2.06 bits per heavy atom. The molecule has 0 spiro atoms. The molecule has 0 N–H and O–H groups in total. The topological polar surface area (TPSA) is 20.3 Å². The minimum absolute atomic E-state index is 0.367. The molecule has 1 aliphatic carbocycles. The van der Waals surface area contributed by atoms with Crippen molar-refractivity contribution in [3.05, 3.63) is 0 Å². The molecule has 2 unspecified atom stereocenters. The normalized spacial score (nSPS) is 31.7. The largest absolute Gasteiger partial charge is 0.299 e. The fraction of sp³-hybridized carbons (Fsp3) is 0.929. The van der Waals surface area contributed by atoms with Gasteiger partial charge in [0.15, 0.2) is 0 Å². The van der Waals surface area contributed by atoms with Crippen molar-refractivity contribution in [3.8, 4) is 0 Å². The summed E-state index contributed by atoms with van der Waals surface area (Å²) in [5.41, 5.74) is 0. The Labute approximate surface area is 110 Å². The van der Waals surface area contributed by atoms with E-state index >= 15 is 0 Å². The molecular weight excluding hydrogens is 230 g/mol. The molecule has 17 heavy (non-hydrogen) atoms. The van der Waals surface area contributed by atoms with Crippen molar-refractivity contribution in [2.45, 2.75) is 51.0 Å². The van der Waals surface area contributed by atoms with E-state index in [1.54, 1.807) is 0 Å². The first-order valence-corrected chi connectivity index (χ1v) is 8.48. The molecule has 2 rings (SSSR count). The number of nitrogens with zero attached hydrogens (tertiary/aromatic N) is 1. The van der Waals surface area contributed by atoms with E-state index in [-0.39, 0.29) is 0 Å². The van der Waals surface area contributed by atoms with E-state index in [1.807, 2.05) is 11.8 Å². The second kappa shape index (κ2) is 6.79. The number of thioether (sulfide) groups is 1. The monoisotopic (exact) mass is 255 g/mol. The van der Waals surface area contributed by atoms with Crippen LogP contribution in [0.2, 0.25) is 0 Å². The van der Waals surface area contributed by atoms with Gasteiger partial charge in [-0.15, -0.1) is 0 Å². The molecule has 2 aliphatic rings. The minimum atomic E-state index is 0.367. The third kappa shape index (κ3) is 3.47. The predicted molar refractivity (Wildman–Crippen MR) is 74.6 cm³/mol. The number of piperidine rings is 1. The molecule has 1 heterocycles. The summed E-state index contributed by atoms with van der Waals surface area (Å²) in [6.45, 7) is 2.39. The van der Waals surface area contributed by atoms with E-state index in [0.29, 0.717) is 17.7 Å². The van der Waals surface area contributed by atoms with Gasteiger partial charge in [-0.1, -0.05) is 12.8 Å². The van der Waals surface area contributed by atoms with Crippen LogP contribution in [0.1, 0.15) is 44.9 Å². The van der Waals surface area contributed by atoms with E-state index in [2.05, 4.69) is 11.2 Å². The van der Waals surface area contributed by atoms with Gasteiger partial charge in [-0.05, 0) is 38.5 Å². The van der Waals surface area contributed by atoms with Crippen LogP contribution < -0.4 is 0 Å². The zero-order chi connectivity index (χ0) is 12.1. The Bertz CT molecular complexity index is 257. The van der Waals surface area contributed by atoms with Crippen molar-refractivity contribution in [1.29, 1.82) is 0 Å². The quantitative estimate of drug-likeness (QED) is 0.770. The van der Waals surface area contributed by atoms with E-state index < -0.39 is 0 Å². The number of likely N-dealkylation sites (tertiary alicyclic amines) is 1. The summed E-state index contributed by atoms with van der Waals surface area (Å²) in [5.74, 6) is 2.13. The van der Waals surface area contributed by atoms with E-state index in [1.165, 1.54) is 44.5 Å². The highest BCUT2D eigenvalue weighted by Crippen LogP contribution is 2.31. The molecule has 0 aromatic heterocycles. The van der Waals surface area contributed by atoms with E-state index in [0.717, 1.165) is 19.3 Å². The molecule has 2 nitrogen and oxygen atoms in total. The molecule has 0 aromatic carbocycles. The molecule has 2 atom stereocenters. The van der Waals surface area contributed by atoms with Crippen LogP contribution in [0.5, 0.6) is 0 Å². The summed E-state index contributed by atoms with van der Waals surface area (Å²) in [4.78, 5) is 14.7. The van der Waals surface area contributed by atoms with Crippen LogP contribution in [-0.2, 0) is 4.79 Å². The van der Waals surface area contributed by atoms with Gasteiger partial charge in [0.25, 0.3) is 0 Å². The third-order valence-corrected chi connectivity index (χ3v) is 4.90. The second-order valence-corrected chi connectivity index (χ2v) is 6.40. The first-order valence-electron chi connectivity index (χ1n) is 7.08. The highest BCUT2D eigenvalue weighted by molar-refractivity contribution is 7.98. The Morgan fingerprint density at radius 3 is 2.82 bits per heavy atom. The molecule has 0 radical (unpaired) electrons. The number of carbonyl (C=O) groups is 1.